The van der Waals surface area contributed by atoms with Crippen LogP contribution >= 0.6 is 0 Å². The molecule has 2 heterocycles. The molecule has 64 heavy (non-hydrogen) atoms. The third-order valence-electron chi connectivity index (χ3n) is 13.2. The Kier molecular flexibility index (Phi) is 8.80. The maximum Gasteiger partial charge on any atom is 0.137 e. The van der Waals surface area contributed by atoms with Gasteiger partial charge in [0.15, 0.2) is 0 Å². The second-order valence-electron chi connectivity index (χ2n) is 17.3. The first-order valence-electron chi connectivity index (χ1n) is 22.0. The van der Waals surface area contributed by atoms with E-state index in [1.54, 1.807) is 0 Å². The average Bonchev–Trinajstić information content (AvgIpc) is 3.80. The summed E-state index contributed by atoms with van der Waals surface area (Å²) in [7, 11) is 0. The zero-order valence-electron chi connectivity index (χ0n) is 35.7. The van der Waals surface area contributed by atoms with Crippen LogP contribution in [-0.4, -0.2) is 9.55 Å². The number of para-hydroxylation sites is 3. The van der Waals surface area contributed by atoms with Crippen molar-refractivity contribution in [3.63, 3.8) is 0 Å². The Morgan fingerprint density at radius 3 is 1.83 bits per heavy atom. The highest BCUT2D eigenvalue weighted by atomic mass is 15.2. The van der Waals surface area contributed by atoms with Crippen LogP contribution < -0.4 is 9.80 Å². The highest BCUT2D eigenvalue weighted by molar-refractivity contribution is 6.10. The van der Waals surface area contributed by atoms with Gasteiger partial charge < -0.3 is 9.80 Å². The summed E-state index contributed by atoms with van der Waals surface area (Å²) in [4.78, 5) is 9.65. The number of hydrogen-bond donors (Lipinski definition) is 0. The lowest BCUT2D eigenvalue weighted by Gasteiger charge is -2.31. The molecule has 2 aromatic heterocycles. The molecule has 0 saturated heterocycles. The minimum Gasteiger partial charge on any atom is -0.310 e. The van der Waals surface area contributed by atoms with Gasteiger partial charge in [0.05, 0.1) is 16.7 Å². The van der Waals surface area contributed by atoms with Gasteiger partial charge in [-0.1, -0.05) is 147 Å². The fourth-order valence-electron chi connectivity index (χ4n) is 10.2. The van der Waals surface area contributed by atoms with E-state index in [2.05, 4.69) is 247 Å². The first-order valence-corrected chi connectivity index (χ1v) is 22.0. The number of rotatable bonds is 8. The summed E-state index contributed by atoms with van der Waals surface area (Å²) in [5.41, 5.74) is 16.2. The van der Waals surface area contributed by atoms with Gasteiger partial charge in [0.1, 0.15) is 5.82 Å². The zero-order chi connectivity index (χ0) is 42.8. The fraction of sp³-hybridized carbons (Fsp3) is 0.0500. The Balaban J connectivity index is 1.13. The van der Waals surface area contributed by atoms with Crippen molar-refractivity contribution in [2.75, 3.05) is 9.80 Å². The van der Waals surface area contributed by atoms with Crippen LogP contribution in [0.5, 0.6) is 0 Å². The van der Waals surface area contributed by atoms with Crippen molar-refractivity contribution in [3.05, 3.63) is 242 Å². The number of aromatic nitrogens is 2. The molecule has 0 unspecified atom stereocenters. The van der Waals surface area contributed by atoms with E-state index in [0.717, 1.165) is 62.1 Å². The standard InChI is InChI=1S/C60H44N4/c1-60(2)54-27-13-11-25-50(54)51-33-32-46(40-55(51)60)62(44-20-5-3-6-21-44)47-36-43(42-31-34-58-53(38-42)52-26-12-14-28-57(52)64(58)59-30-15-16-35-61-59)37-48(39-47)63(45-22-7-4-8-23-45)56-29-17-19-41-18-9-10-24-49(41)56/h3-40H,1-2H3. The smallest absolute Gasteiger partial charge is 0.137 e. The van der Waals surface area contributed by atoms with E-state index in [0.29, 0.717) is 0 Å². The molecule has 0 atom stereocenters. The van der Waals surface area contributed by atoms with Gasteiger partial charge in [-0.2, -0.15) is 0 Å². The molecule has 12 rings (SSSR count). The summed E-state index contributed by atoms with van der Waals surface area (Å²) in [5.74, 6) is 0.901. The summed E-state index contributed by atoms with van der Waals surface area (Å²) in [6, 6.07) is 81.6. The van der Waals surface area contributed by atoms with Crippen LogP contribution in [0.4, 0.5) is 34.1 Å². The molecule has 0 fully saturated rings. The van der Waals surface area contributed by atoms with Crippen molar-refractivity contribution in [1.82, 2.24) is 9.55 Å². The van der Waals surface area contributed by atoms with Gasteiger partial charge in [-0.15, -0.1) is 0 Å². The Morgan fingerprint density at radius 2 is 1.03 bits per heavy atom. The van der Waals surface area contributed by atoms with E-state index in [-0.39, 0.29) is 5.41 Å². The average molecular weight is 821 g/mol. The van der Waals surface area contributed by atoms with E-state index in [1.165, 1.54) is 43.8 Å². The Bertz CT molecular complexity index is 3530. The molecule has 9 aromatic carbocycles. The number of pyridine rings is 1. The number of fused-ring (bicyclic) bond motifs is 7. The number of hydrogen-bond acceptors (Lipinski definition) is 3. The third kappa shape index (κ3) is 6.10. The minimum absolute atomic E-state index is 0.153. The van der Waals surface area contributed by atoms with Crippen molar-refractivity contribution in [1.29, 1.82) is 0 Å². The minimum atomic E-state index is -0.153. The van der Waals surface area contributed by atoms with Gasteiger partial charge in [-0.25, -0.2) is 4.98 Å². The predicted molar refractivity (Wildman–Crippen MR) is 268 cm³/mol. The second-order valence-corrected chi connectivity index (χ2v) is 17.3. The molecule has 0 spiro atoms. The molecule has 0 amide bonds. The molecule has 1 aliphatic rings. The van der Waals surface area contributed by atoms with E-state index in [9.17, 15) is 0 Å². The molecular weight excluding hydrogens is 777 g/mol. The predicted octanol–water partition coefficient (Wildman–Crippen LogP) is 16.2. The van der Waals surface area contributed by atoms with Gasteiger partial charge in [-0.3, -0.25) is 4.57 Å². The highest BCUT2D eigenvalue weighted by Gasteiger charge is 2.36. The lowest BCUT2D eigenvalue weighted by atomic mass is 9.82. The van der Waals surface area contributed by atoms with Gasteiger partial charge in [0, 0.05) is 56.2 Å². The topological polar surface area (TPSA) is 24.3 Å². The molecule has 0 aliphatic heterocycles. The number of anilines is 6. The molecule has 304 valence electrons. The maximum absolute atomic E-state index is 4.80. The van der Waals surface area contributed by atoms with Crippen LogP contribution in [0.1, 0.15) is 25.0 Å². The Labute approximate surface area is 373 Å². The number of nitrogens with zero attached hydrogens (tertiary/aromatic N) is 4. The van der Waals surface area contributed by atoms with Crippen molar-refractivity contribution < 1.29 is 0 Å². The fourth-order valence-corrected chi connectivity index (χ4v) is 10.2. The van der Waals surface area contributed by atoms with Crippen LogP contribution in [0.15, 0.2) is 231 Å². The van der Waals surface area contributed by atoms with Gasteiger partial charge in [0.25, 0.3) is 0 Å². The Hall–Kier alpha value is -8.21. The zero-order valence-corrected chi connectivity index (χ0v) is 35.7. The molecule has 11 aromatic rings. The lowest BCUT2D eigenvalue weighted by molar-refractivity contribution is 0.660. The molecular formula is C60H44N4. The van der Waals surface area contributed by atoms with Gasteiger partial charge in [0.2, 0.25) is 0 Å². The van der Waals surface area contributed by atoms with Gasteiger partial charge >= 0.3 is 0 Å². The molecule has 0 N–H and O–H groups in total. The molecule has 4 nitrogen and oxygen atoms in total. The monoisotopic (exact) mass is 820 g/mol. The highest BCUT2D eigenvalue weighted by Crippen LogP contribution is 2.51. The van der Waals surface area contributed by atoms with Crippen LogP contribution in [-0.2, 0) is 5.41 Å². The molecule has 0 saturated carbocycles. The summed E-state index contributed by atoms with van der Waals surface area (Å²) in [6.07, 6.45) is 1.87. The van der Waals surface area contributed by atoms with Crippen molar-refractivity contribution in [2.45, 2.75) is 19.3 Å². The second kappa shape index (κ2) is 15.0. The SMILES string of the molecule is CC1(C)c2ccccc2-c2ccc(N(c3ccccc3)c3cc(-c4ccc5c(c4)c4ccccc4n5-c4ccccn4)cc(N(c4ccccc4)c4cccc5ccccc45)c3)cc21. The van der Waals surface area contributed by atoms with E-state index in [4.69, 9.17) is 4.98 Å². The lowest BCUT2D eigenvalue weighted by Crippen LogP contribution is -2.17. The van der Waals surface area contributed by atoms with Crippen molar-refractivity contribution in [3.8, 4) is 28.1 Å². The summed E-state index contributed by atoms with van der Waals surface area (Å²) in [6.45, 7) is 4.71. The summed E-state index contributed by atoms with van der Waals surface area (Å²) in [5, 5.41) is 4.75. The molecule has 0 radical (unpaired) electrons. The molecule has 0 bridgehead atoms. The first-order chi connectivity index (χ1) is 31.5. The van der Waals surface area contributed by atoms with Gasteiger partial charge in [-0.05, 0) is 130 Å². The van der Waals surface area contributed by atoms with Crippen LogP contribution in [0.25, 0.3) is 60.6 Å². The van der Waals surface area contributed by atoms with Crippen molar-refractivity contribution in [2.24, 2.45) is 0 Å². The van der Waals surface area contributed by atoms with Crippen molar-refractivity contribution >= 4 is 66.7 Å². The molecule has 4 heteroatoms. The first kappa shape index (κ1) is 37.5. The van der Waals surface area contributed by atoms with Crippen LogP contribution in [0, 0.1) is 0 Å². The summed E-state index contributed by atoms with van der Waals surface area (Å²) >= 11 is 0. The normalized spacial score (nSPS) is 12.7. The Morgan fingerprint density at radius 1 is 0.391 bits per heavy atom. The quantitative estimate of drug-likeness (QED) is 0.153. The molecule has 1 aliphatic carbocycles. The van der Waals surface area contributed by atoms with E-state index >= 15 is 0 Å². The third-order valence-corrected chi connectivity index (χ3v) is 13.2. The van der Waals surface area contributed by atoms with Crippen LogP contribution in [0.3, 0.4) is 0 Å². The number of benzene rings is 9. The van der Waals surface area contributed by atoms with Crippen LogP contribution in [0.2, 0.25) is 0 Å². The largest absolute Gasteiger partial charge is 0.310 e. The van der Waals surface area contributed by atoms with E-state index in [1.807, 2.05) is 12.3 Å². The van der Waals surface area contributed by atoms with E-state index < -0.39 is 0 Å². The summed E-state index contributed by atoms with van der Waals surface area (Å²) < 4.78 is 2.28. The maximum atomic E-state index is 4.80.